The van der Waals surface area contributed by atoms with Crippen LogP contribution in [0.25, 0.3) is 0 Å². The van der Waals surface area contributed by atoms with Crippen molar-refractivity contribution in [3.63, 3.8) is 0 Å². The second-order valence-corrected chi connectivity index (χ2v) is 7.72. The van der Waals surface area contributed by atoms with Gasteiger partial charge in [0.1, 0.15) is 5.60 Å². The topological polar surface area (TPSA) is 12.5 Å². The number of rotatable bonds is 4. The molecule has 2 aliphatic heterocycles. The maximum Gasteiger partial charge on any atom is 0.112 e. The first-order chi connectivity index (χ1) is 10.3. The number of ether oxygens (including phenoxy) is 1. The van der Waals surface area contributed by atoms with Gasteiger partial charge >= 0.3 is 0 Å². The smallest absolute Gasteiger partial charge is 0.112 e. The fourth-order valence-corrected chi connectivity index (χ4v) is 3.91. The van der Waals surface area contributed by atoms with Crippen molar-refractivity contribution in [2.75, 3.05) is 20.1 Å². The molecule has 0 aliphatic carbocycles. The van der Waals surface area contributed by atoms with Gasteiger partial charge in [-0.15, -0.1) is 0 Å². The van der Waals surface area contributed by atoms with Gasteiger partial charge in [0.05, 0.1) is 5.76 Å². The Morgan fingerprint density at radius 3 is 2.59 bits per heavy atom. The summed E-state index contributed by atoms with van der Waals surface area (Å²) >= 11 is 0. The Morgan fingerprint density at radius 2 is 2.05 bits per heavy atom. The van der Waals surface area contributed by atoms with E-state index in [2.05, 4.69) is 52.3 Å². The van der Waals surface area contributed by atoms with Crippen LogP contribution in [0.15, 0.2) is 35.6 Å². The fourth-order valence-electron chi connectivity index (χ4n) is 3.91. The number of nitrogens with zero attached hydrogens (tertiary/aromatic N) is 1. The van der Waals surface area contributed by atoms with Crippen molar-refractivity contribution in [3.05, 3.63) is 35.6 Å². The van der Waals surface area contributed by atoms with E-state index < -0.39 is 0 Å². The number of piperidine rings is 1. The van der Waals surface area contributed by atoms with E-state index in [4.69, 9.17) is 4.74 Å². The van der Waals surface area contributed by atoms with Gasteiger partial charge in [-0.05, 0) is 64.0 Å². The SMILES string of the molecule is C=C/C(C)=C\C1=C(C)OC2(CCN(C)CC2)CC1CC(C)C. The molecule has 0 saturated carbocycles. The number of hydrogen-bond acceptors (Lipinski definition) is 2. The molecule has 0 aromatic heterocycles. The minimum Gasteiger partial charge on any atom is -0.492 e. The van der Waals surface area contributed by atoms with Crippen LogP contribution in [0.1, 0.15) is 53.4 Å². The third-order valence-electron chi connectivity index (χ3n) is 5.19. The summed E-state index contributed by atoms with van der Waals surface area (Å²) in [6.07, 6.45) is 8.96. The molecule has 1 unspecified atom stereocenters. The van der Waals surface area contributed by atoms with Gasteiger partial charge < -0.3 is 9.64 Å². The largest absolute Gasteiger partial charge is 0.492 e. The van der Waals surface area contributed by atoms with Crippen molar-refractivity contribution in [2.45, 2.75) is 59.0 Å². The molecule has 2 rings (SSSR count). The third-order valence-corrected chi connectivity index (χ3v) is 5.19. The maximum absolute atomic E-state index is 6.51. The molecule has 1 spiro atoms. The summed E-state index contributed by atoms with van der Waals surface area (Å²) in [5.74, 6) is 2.47. The highest BCUT2D eigenvalue weighted by Gasteiger charge is 2.42. The van der Waals surface area contributed by atoms with E-state index in [0.29, 0.717) is 11.8 Å². The van der Waals surface area contributed by atoms with Crippen molar-refractivity contribution < 1.29 is 4.74 Å². The van der Waals surface area contributed by atoms with E-state index in [1.165, 1.54) is 24.0 Å². The Hall–Kier alpha value is -1.02. The number of likely N-dealkylation sites (tertiary alicyclic amines) is 1. The molecule has 2 heteroatoms. The molecule has 0 aromatic carbocycles. The first-order valence-electron chi connectivity index (χ1n) is 8.74. The van der Waals surface area contributed by atoms with E-state index in [-0.39, 0.29) is 5.60 Å². The summed E-state index contributed by atoms with van der Waals surface area (Å²) in [6, 6.07) is 0. The Balaban J connectivity index is 2.29. The molecule has 0 amide bonds. The van der Waals surface area contributed by atoms with Gasteiger partial charge in [0.2, 0.25) is 0 Å². The van der Waals surface area contributed by atoms with Crippen molar-refractivity contribution in [2.24, 2.45) is 11.8 Å². The van der Waals surface area contributed by atoms with Crippen LogP contribution < -0.4 is 0 Å². The highest BCUT2D eigenvalue weighted by molar-refractivity contribution is 5.33. The van der Waals surface area contributed by atoms with Crippen molar-refractivity contribution in [1.82, 2.24) is 4.90 Å². The monoisotopic (exact) mass is 303 g/mol. The van der Waals surface area contributed by atoms with Crippen molar-refractivity contribution in [1.29, 1.82) is 0 Å². The zero-order valence-corrected chi connectivity index (χ0v) is 15.1. The highest BCUT2D eigenvalue weighted by Crippen LogP contribution is 2.44. The quantitative estimate of drug-likeness (QED) is 0.682. The van der Waals surface area contributed by atoms with Crippen LogP contribution in [0, 0.1) is 11.8 Å². The van der Waals surface area contributed by atoms with Gasteiger partial charge in [0.15, 0.2) is 0 Å². The summed E-state index contributed by atoms with van der Waals surface area (Å²) in [6.45, 7) is 15.1. The molecule has 2 nitrogen and oxygen atoms in total. The Kier molecular flexibility index (Phi) is 5.55. The van der Waals surface area contributed by atoms with Crippen LogP contribution in [-0.2, 0) is 4.74 Å². The lowest BCUT2D eigenvalue weighted by Gasteiger charge is -2.47. The lowest BCUT2D eigenvalue weighted by atomic mass is 9.74. The summed E-state index contributed by atoms with van der Waals surface area (Å²) in [5, 5.41) is 0. The first-order valence-corrected chi connectivity index (χ1v) is 8.74. The van der Waals surface area contributed by atoms with Crippen LogP contribution in [0.4, 0.5) is 0 Å². The molecule has 0 bridgehead atoms. The molecule has 1 saturated heterocycles. The lowest BCUT2D eigenvalue weighted by molar-refractivity contribution is -0.0716. The molecular formula is C20H33NO. The van der Waals surface area contributed by atoms with E-state index in [0.717, 1.165) is 31.7 Å². The standard InChI is InChI=1S/C20H33NO/c1-7-16(4)13-19-17(5)22-20(8-10-21(6)11-9-20)14-18(19)12-15(2)3/h7,13,15,18H,1,8-12,14H2,2-6H3/b16-13-. The minimum absolute atomic E-state index is 0.0789. The van der Waals surface area contributed by atoms with E-state index in [1.54, 1.807) is 0 Å². The van der Waals surface area contributed by atoms with Gasteiger partial charge in [-0.3, -0.25) is 0 Å². The zero-order chi connectivity index (χ0) is 16.3. The zero-order valence-electron chi connectivity index (χ0n) is 15.1. The normalized spacial score (nSPS) is 26.5. The van der Waals surface area contributed by atoms with Crippen LogP contribution >= 0.6 is 0 Å². The van der Waals surface area contributed by atoms with Crippen LogP contribution in [0.2, 0.25) is 0 Å². The first kappa shape index (κ1) is 17.3. The summed E-state index contributed by atoms with van der Waals surface area (Å²) in [5.41, 5.74) is 2.71. The molecule has 1 atom stereocenters. The van der Waals surface area contributed by atoms with Gasteiger partial charge in [-0.2, -0.15) is 0 Å². The Morgan fingerprint density at radius 1 is 1.41 bits per heavy atom. The predicted molar refractivity (Wildman–Crippen MR) is 94.8 cm³/mol. The van der Waals surface area contributed by atoms with E-state index >= 15 is 0 Å². The summed E-state index contributed by atoms with van der Waals surface area (Å²) in [7, 11) is 2.21. The van der Waals surface area contributed by atoms with Gasteiger partial charge in [-0.1, -0.05) is 38.2 Å². The lowest BCUT2D eigenvalue weighted by Crippen LogP contribution is -2.47. The van der Waals surface area contributed by atoms with E-state index in [1.807, 2.05) is 6.08 Å². The third kappa shape index (κ3) is 4.04. The average molecular weight is 303 g/mol. The number of allylic oxidation sites excluding steroid dienone is 5. The highest BCUT2D eigenvalue weighted by atomic mass is 16.5. The van der Waals surface area contributed by atoms with Crippen LogP contribution in [0.3, 0.4) is 0 Å². The fraction of sp³-hybridized carbons (Fsp3) is 0.700. The minimum atomic E-state index is 0.0789. The molecule has 0 radical (unpaired) electrons. The molecular weight excluding hydrogens is 270 g/mol. The summed E-state index contributed by atoms with van der Waals surface area (Å²) in [4.78, 5) is 2.42. The second kappa shape index (κ2) is 7.04. The van der Waals surface area contributed by atoms with Crippen molar-refractivity contribution >= 4 is 0 Å². The molecule has 2 aliphatic rings. The molecule has 0 aromatic rings. The summed E-state index contributed by atoms with van der Waals surface area (Å²) < 4.78 is 6.51. The predicted octanol–water partition coefficient (Wildman–Crippen LogP) is 4.94. The molecule has 2 heterocycles. The van der Waals surface area contributed by atoms with E-state index in [9.17, 15) is 0 Å². The Bertz CT molecular complexity index is 464. The van der Waals surface area contributed by atoms with Crippen molar-refractivity contribution in [3.8, 4) is 0 Å². The second-order valence-electron chi connectivity index (χ2n) is 7.72. The molecule has 22 heavy (non-hydrogen) atoms. The maximum atomic E-state index is 6.51. The number of hydrogen-bond donors (Lipinski definition) is 0. The Labute approximate surface area is 136 Å². The molecule has 0 N–H and O–H groups in total. The van der Waals surface area contributed by atoms with Gasteiger partial charge in [0.25, 0.3) is 0 Å². The van der Waals surface area contributed by atoms with Crippen LogP contribution in [-0.4, -0.2) is 30.6 Å². The molecule has 1 fully saturated rings. The van der Waals surface area contributed by atoms with Crippen LogP contribution in [0.5, 0.6) is 0 Å². The van der Waals surface area contributed by atoms with Gasteiger partial charge in [-0.25, -0.2) is 0 Å². The van der Waals surface area contributed by atoms with Gasteiger partial charge in [0, 0.05) is 13.1 Å². The molecule has 124 valence electrons. The average Bonchev–Trinajstić information content (AvgIpc) is 2.45.